The summed E-state index contributed by atoms with van der Waals surface area (Å²) in [5, 5.41) is 0. The van der Waals surface area contributed by atoms with Crippen LogP contribution in [0.1, 0.15) is 20.3 Å². The molecule has 4 heteroatoms. The molecule has 0 atom stereocenters. The Balaban J connectivity index is 2.78. The van der Waals surface area contributed by atoms with E-state index in [9.17, 15) is 8.78 Å². The standard InChI is InChI=1S/C13H16F2O2/c1-3-5-9-17-11-7-6-10(16-8-4-2)12(14)13(11)15/h3,5-7H,4,8-9H2,1-2H3/b5-3+. The van der Waals surface area contributed by atoms with Crippen molar-refractivity contribution in [2.45, 2.75) is 20.3 Å². The Bertz CT molecular complexity index is 389. The molecular formula is C13H16F2O2. The average molecular weight is 242 g/mol. The maximum absolute atomic E-state index is 13.5. The van der Waals surface area contributed by atoms with Crippen LogP contribution in [0.2, 0.25) is 0 Å². The molecule has 0 fully saturated rings. The Kier molecular flexibility index (Phi) is 5.46. The van der Waals surface area contributed by atoms with Gasteiger partial charge >= 0.3 is 0 Å². The second kappa shape index (κ2) is 6.89. The van der Waals surface area contributed by atoms with Crippen LogP contribution >= 0.6 is 0 Å². The molecule has 0 aliphatic heterocycles. The van der Waals surface area contributed by atoms with Gasteiger partial charge in [-0.1, -0.05) is 19.1 Å². The van der Waals surface area contributed by atoms with Crippen molar-refractivity contribution in [1.82, 2.24) is 0 Å². The lowest BCUT2D eigenvalue weighted by molar-refractivity contribution is 0.286. The summed E-state index contributed by atoms with van der Waals surface area (Å²) in [4.78, 5) is 0. The van der Waals surface area contributed by atoms with Gasteiger partial charge in [-0.2, -0.15) is 8.78 Å². The molecule has 0 heterocycles. The summed E-state index contributed by atoms with van der Waals surface area (Å²) in [7, 11) is 0. The second-order valence-electron chi connectivity index (χ2n) is 3.42. The monoisotopic (exact) mass is 242 g/mol. The van der Waals surface area contributed by atoms with Crippen molar-refractivity contribution in [3.63, 3.8) is 0 Å². The molecule has 1 aromatic carbocycles. The molecule has 0 spiro atoms. The minimum absolute atomic E-state index is 0.0808. The molecule has 2 nitrogen and oxygen atoms in total. The fourth-order valence-electron chi connectivity index (χ4n) is 1.18. The minimum Gasteiger partial charge on any atom is -0.490 e. The zero-order valence-electron chi connectivity index (χ0n) is 10.0. The van der Waals surface area contributed by atoms with Crippen molar-refractivity contribution in [3.8, 4) is 11.5 Å². The molecule has 17 heavy (non-hydrogen) atoms. The molecule has 0 unspecified atom stereocenters. The quantitative estimate of drug-likeness (QED) is 0.708. The molecule has 0 bridgehead atoms. The van der Waals surface area contributed by atoms with Crippen LogP contribution in [0, 0.1) is 11.6 Å². The van der Waals surface area contributed by atoms with Gasteiger partial charge in [0.1, 0.15) is 6.61 Å². The molecule has 1 rings (SSSR count). The van der Waals surface area contributed by atoms with Crippen molar-refractivity contribution >= 4 is 0 Å². The van der Waals surface area contributed by atoms with Gasteiger partial charge in [0.05, 0.1) is 6.61 Å². The first-order valence-electron chi connectivity index (χ1n) is 5.55. The van der Waals surface area contributed by atoms with Crippen LogP contribution in [0.25, 0.3) is 0 Å². The van der Waals surface area contributed by atoms with Crippen molar-refractivity contribution < 1.29 is 18.3 Å². The Labute approximate surface area is 99.9 Å². The van der Waals surface area contributed by atoms with E-state index >= 15 is 0 Å². The third-order valence-electron chi connectivity index (χ3n) is 2.04. The van der Waals surface area contributed by atoms with Gasteiger partial charge in [-0.05, 0) is 25.5 Å². The zero-order chi connectivity index (χ0) is 12.7. The Morgan fingerprint density at radius 2 is 1.71 bits per heavy atom. The summed E-state index contributed by atoms with van der Waals surface area (Å²) in [5.74, 6) is -2.20. The van der Waals surface area contributed by atoms with Crippen molar-refractivity contribution in [2.75, 3.05) is 13.2 Å². The molecule has 0 saturated heterocycles. The third kappa shape index (κ3) is 3.73. The Hall–Kier alpha value is -1.58. The van der Waals surface area contributed by atoms with E-state index in [0.29, 0.717) is 6.61 Å². The SMILES string of the molecule is C/C=C/COc1ccc(OCCC)c(F)c1F. The molecule has 0 N–H and O–H groups in total. The number of benzene rings is 1. The van der Waals surface area contributed by atoms with E-state index in [2.05, 4.69) is 0 Å². The van der Waals surface area contributed by atoms with E-state index in [4.69, 9.17) is 9.47 Å². The first-order valence-corrected chi connectivity index (χ1v) is 5.55. The van der Waals surface area contributed by atoms with Crippen LogP contribution in [0.15, 0.2) is 24.3 Å². The van der Waals surface area contributed by atoms with E-state index in [-0.39, 0.29) is 18.1 Å². The summed E-state index contributed by atoms with van der Waals surface area (Å²) in [6, 6.07) is 2.74. The van der Waals surface area contributed by atoms with E-state index < -0.39 is 11.6 Å². The zero-order valence-corrected chi connectivity index (χ0v) is 10.0. The fourth-order valence-corrected chi connectivity index (χ4v) is 1.18. The number of rotatable bonds is 6. The second-order valence-corrected chi connectivity index (χ2v) is 3.42. The van der Waals surface area contributed by atoms with Crippen LogP contribution in [-0.2, 0) is 0 Å². The first kappa shape index (κ1) is 13.5. The summed E-state index contributed by atoms with van der Waals surface area (Å²) in [6.45, 7) is 4.28. The molecule has 0 amide bonds. The summed E-state index contributed by atoms with van der Waals surface area (Å²) < 4.78 is 37.1. The number of allylic oxidation sites excluding steroid dienone is 1. The van der Waals surface area contributed by atoms with Crippen molar-refractivity contribution in [1.29, 1.82) is 0 Å². The molecular weight excluding hydrogens is 226 g/mol. The molecule has 1 aromatic rings. The highest BCUT2D eigenvalue weighted by molar-refractivity contribution is 5.35. The van der Waals surface area contributed by atoms with Gasteiger partial charge in [0.2, 0.25) is 11.6 Å². The van der Waals surface area contributed by atoms with Crippen LogP contribution in [0.4, 0.5) is 8.78 Å². The normalized spacial score (nSPS) is 10.8. The van der Waals surface area contributed by atoms with Gasteiger partial charge in [0.25, 0.3) is 0 Å². The van der Waals surface area contributed by atoms with Gasteiger partial charge in [-0.25, -0.2) is 0 Å². The van der Waals surface area contributed by atoms with E-state index in [1.54, 1.807) is 12.2 Å². The smallest absolute Gasteiger partial charge is 0.204 e. The summed E-state index contributed by atoms with van der Waals surface area (Å²) in [6.07, 6.45) is 4.21. The predicted octanol–water partition coefficient (Wildman–Crippen LogP) is 3.71. The number of ether oxygens (including phenoxy) is 2. The molecule has 0 aromatic heterocycles. The predicted molar refractivity (Wildman–Crippen MR) is 62.5 cm³/mol. The fraction of sp³-hybridized carbons (Fsp3) is 0.385. The van der Waals surface area contributed by atoms with Crippen molar-refractivity contribution in [3.05, 3.63) is 35.9 Å². The molecule has 0 radical (unpaired) electrons. The molecule has 94 valence electrons. The molecule has 0 aliphatic carbocycles. The Morgan fingerprint density at radius 1 is 1.12 bits per heavy atom. The van der Waals surface area contributed by atoms with E-state index in [1.807, 2.05) is 13.8 Å². The van der Waals surface area contributed by atoms with Gasteiger partial charge in [0, 0.05) is 0 Å². The van der Waals surface area contributed by atoms with Gasteiger partial charge in [-0.15, -0.1) is 0 Å². The highest BCUT2D eigenvalue weighted by Gasteiger charge is 2.15. The highest BCUT2D eigenvalue weighted by Crippen LogP contribution is 2.27. The summed E-state index contributed by atoms with van der Waals surface area (Å²) >= 11 is 0. The Morgan fingerprint density at radius 3 is 2.24 bits per heavy atom. The number of halogens is 2. The first-order chi connectivity index (χ1) is 8.20. The third-order valence-corrected chi connectivity index (χ3v) is 2.04. The van der Waals surface area contributed by atoms with E-state index in [0.717, 1.165) is 6.42 Å². The lowest BCUT2D eigenvalue weighted by atomic mass is 10.3. The van der Waals surface area contributed by atoms with Crippen molar-refractivity contribution in [2.24, 2.45) is 0 Å². The minimum atomic E-state index is -1.01. The summed E-state index contributed by atoms with van der Waals surface area (Å²) in [5.41, 5.74) is 0. The highest BCUT2D eigenvalue weighted by atomic mass is 19.2. The van der Waals surface area contributed by atoms with Gasteiger partial charge in [0.15, 0.2) is 11.5 Å². The molecule has 0 saturated carbocycles. The lowest BCUT2D eigenvalue weighted by Gasteiger charge is -2.09. The van der Waals surface area contributed by atoms with Crippen LogP contribution in [0.3, 0.4) is 0 Å². The van der Waals surface area contributed by atoms with Crippen LogP contribution in [-0.4, -0.2) is 13.2 Å². The molecule has 0 aliphatic rings. The van der Waals surface area contributed by atoms with Gasteiger partial charge in [-0.3, -0.25) is 0 Å². The number of hydrogen-bond donors (Lipinski definition) is 0. The largest absolute Gasteiger partial charge is 0.490 e. The maximum atomic E-state index is 13.5. The van der Waals surface area contributed by atoms with Crippen LogP contribution < -0.4 is 9.47 Å². The maximum Gasteiger partial charge on any atom is 0.204 e. The van der Waals surface area contributed by atoms with Crippen LogP contribution in [0.5, 0.6) is 11.5 Å². The lowest BCUT2D eigenvalue weighted by Crippen LogP contribution is -2.02. The van der Waals surface area contributed by atoms with Gasteiger partial charge < -0.3 is 9.47 Å². The average Bonchev–Trinajstić information content (AvgIpc) is 2.34. The topological polar surface area (TPSA) is 18.5 Å². The van der Waals surface area contributed by atoms with E-state index in [1.165, 1.54) is 12.1 Å². The number of hydrogen-bond acceptors (Lipinski definition) is 2.